The number of hydrogen-bond donors (Lipinski definition) is 3. The predicted molar refractivity (Wildman–Crippen MR) is 62.4 cm³/mol. The molecule has 0 fully saturated rings. The molecule has 1 atom stereocenters. The number of carbonyl (C=O) groups excluding carboxylic acids is 2. The summed E-state index contributed by atoms with van der Waals surface area (Å²) in [6.45, 7) is 4.00. The SMILES string of the molecule is CCCNC(=O)CCCC(=O)NC(C)C(=O)O. The van der Waals surface area contributed by atoms with Crippen LogP contribution in [0.5, 0.6) is 0 Å². The van der Waals surface area contributed by atoms with Crippen molar-refractivity contribution >= 4 is 17.8 Å². The fraction of sp³-hybridized carbons (Fsp3) is 0.727. The van der Waals surface area contributed by atoms with Gasteiger partial charge in [-0.15, -0.1) is 0 Å². The minimum atomic E-state index is -1.07. The molecule has 0 aromatic heterocycles. The van der Waals surface area contributed by atoms with E-state index in [1.165, 1.54) is 6.92 Å². The van der Waals surface area contributed by atoms with Crippen molar-refractivity contribution in [1.29, 1.82) is 0 Å². The fourth-order valence-electron chi connectivity index (χ4n) is 1.14. The van der Waals surface area contributed by atoms with Crippen LogP contribution in [-0.4, -0.2) is 35.5 Å². The lowest BCUT2D eigenvalue weighted by Crippen LogP contribution is -2.38. The number of aliphatic carboxylic acids is 1. The molecule has 0 bridgehead atoms. The molecule has 0 saturated heterocycles. The van der Waals surface area contributed by atoms with E-state index < -0.39 is 12.0 Å². The third kappa shape index (κ3) is 8.24. The summed E-state index contributed by atoms with van der Waals surface area (Å²) in [5, 5.41) is 13.6. The summed E-state index contributed by atoms with van der Waals surface area (Å²) < 4.78 is 0. The van der Waals surface area contributed by atoms with Gasteiger partial charge < -0.3 is 15.7 Å². The van der Waals surface area contributed by atoms with Crippen molar-refractivity contribution in [3.8, 4) is 0 Å². The number of carboxylic acids is 1. The molecule has 0 spiro atoms. The first-order chi connectivity index (χ1) is 7.97. The van der Waals surface area contributed by atoms with Gasteiger partial charge in [0.1, 0.15) is 6.04 Å². The van der Waals surface area contributed by atoms with E-state index in [-0.39, 0.29) is 24.7 Å². The van der Waals surface area contributed by atoms with Crippen molar-refractivity contribution in [2.24, 2.45) is 0 Å². The zero-order valence-electron chi connectivity index (χ0n) is 10.3. The van der Waals surface area contributed by atoms with E-state index in [1.807, 2.05) is 6.92 Å². The van der Waals surface area contributed by atoms with E-state index in [0.29, 0.717) is 13.0 Å². The van der Waals surface area contributed by atoms with Crippen LogP contribution < -0.4 is 10.6 Å². The molecule has 0 heterocycles. The number of carbonyl (C=O) groups is 3. The van der Waals surface area contributed by atoms with Crippen molar-refractivity contribution in [2.75, 3.05) is 6.54 Å². The summed E-state index contributed by atoms with van der Waals surface area (Å²) >= 11 is 0. The molecule has 0 aromatic rings. The Kier molecular flexibility index (Phi) is 7.75. The Morgan fingerprint density at radius 3 is 2.29 bits per heavy atom. The molecule has 0 saturated carbocycles. The van der Waals surface area contributed by atoms with Crippen LogP contribution in [0.1, 0.15) is 39.5 Å². The Morgan fingerprint density at radius 2 is 1.76 bits per heavy atom. The van der Waals surface area contributed by atoms with Crippen LogP contribution in [0.2, 0.25) is 0 Å². The highest BCUT2D eigenvalue weighted by atomic mass is 16.4. The molecule has 3 N–H and O–H groups in total. The van der Waals surface area contributed by atoms with Crippen LogP contribution in [0.15, 0.2) is 0 Å². The van der Waals surface area contributed by atoms with Crippen LogP contribution in [0, 0.1) is 0 Å². The second kappa shape index (κ2) is 8.55. The maximum absolute atomic E-state index is 11.2. The van der Waals surface area contributed by atoms with E-state index in [1.54, 1.807) is 0 Å². The van der Waals surface area contributed by atoms with Crippen LogP contribution >= 0.6 is 0 Å². The van der Waals surface area contributed by atoms with Gasteiger partial charge in [-0.05, 0) is 19.8 Å². The first-order valence-corrected chi connectivity index (χ1v) is 5.76. The average molecular weight is 244 g/mol. The van der Waals surface area contributed by atoms with Gasteiger partial charge in [-0.3, -0.25) is 14.4 Å². The second-order valence-electron chi connectivity index (χ2n) is 3.83. The lowest BCUT2D eigenvalue weighted by molar-refractivity contribution is -0.141. The summed E-state index contributed by atoms with van der Waals surface area (Å²) in [7, 11) is 0. The molecule has 0 radical (unpaired) electrons. The van der Waals surface area contributed by atoms with E-state index in [2.05, 4.69) is 10.6 Å². The molecule has 0 rings (SSSR count). The van der Waals surface area contributed by atoms with Crippen LogP contribution in [-0.2, 0) is 14.4 Å². The first-order valence-electron chi connectivity index (χ1n) is 5.76. The van der Waals surface area contributed by atoms with E-state index in [0.717, 1.165) is 6.42 Å². The molecule has 2 amide bonds. The van der Waals surface area contributed by atoms with Gasteiger partial charge in [-0.2, -0.15) is 0 Å². The molecule has 6 heteroatoms. The number of carboxylic acid groups (broad SMARTS) is 1. The number of amides is 2. The van der Waals surface area contributed by atoms with Crippen molar-refractivity contribution in [2.45, 2.75) is 45.6 Å². The van der Waals surface area contributed by atoms with Crippen LogP contribution in [0.4, 0.5) is 0 Å². The Balaban J connectivity index is 3.64. The zero-order chi connectivity index (χ0) is 13.3. The van der Waals surface area contributed by atoms with Crippen molar-refractivity contribution < 1.29 is 19.5 Å². The molecule has 1 unspecified atom stereocenters. The Morgan fingerprint density at radius 1 is 1.18 bits per heavy atom. The number of nitrogens with one attached hydrogen (secondary N) is 2. The standard InChI is InChI=1S/C11H20N2O4/c1-3-7-12-9(14)5-4-6-10(15)13-8(2)11(16)17/h8H,3-7H2,1-2H3,(H,12,14)(H,13,15)(H,16,17). The van der Waals surface area contributed by atoms with Crippen LogP contribution in [0.25, 0.3) is 0 Å². The maximum atomic E-state index is 11.2. The van der Waals surface area contributed by atoms with Gasteiger partial charge in [0.05, 0.1) is 0 Å². The lowest BCUT2D eigenvalue weighted by Gasteiger charge is -2.08. The van der Waals surface area contributed by atoms with E-state index in [9.17, 15) is 14.4 Å². The first kappa shape index (κ1) is 15.4. The van der Waals surface area contributed by atoms with Crippen molar-refractivity contribution in [3.63, 3.8) is 0 Å². The molecule has 6 nitrogen and oxygen atoms in total. The molecule has 0 aliphatic rings. The fourth-order valence-corrected chi connectivity index (χ4v) is 1.14. The molecule has 17 heavy (non-hydrogen) atoms. The van der Waals surface area contributed by atoms with Gasteiger partial charge in [0.2, 0.25) is 11.8 Å². The third-order valence-corrected chi connectivity index (χ3v) is 2.13. The molecular weight excluding hydrogens is 224 g/mol. The average Bonchev–Trinajstić information content (AvgIpc) is 2.26. The summed E-state index contributed by atoms with van der Waals surface area (Å²) in [4.78, 5) is 32.9. The summed E-state index contributed by atoms with van der Waals surface area (Å²) in [5.41, 5.74) is 0. The minimum Gasteiger partial charge on any atom is -0.480 e. The molecule has 98 valence electrons. The summed E-state index contributed by atoms with van der Waals surface area (Å²) in [5.74, 6) is -1.49. The maximum Gasteiger partial charge on any atom is 0.325 e. The highest BCUT2D eigenvalue weighted by molar-refractivity contribution is 5.83. The van der Waals surface area contributed by atoms with Gasteiger partial charge in [0.15, 0.2) is 0 Å². The number of rotatable bonds is 8. The van der Waals surface area contributed by atoms with Crippen molar-refractivity contribution in [1.82, 2.24) is 10.6 Å². The van der Waals surface area contributed by atoms with Gasteiger partial charge in [0.25, 0.3) is 0 Å². The Labute approximate surface area is 101 Å². The molecule has 0 aliphatic heterocycles. The monoisotopic (exact) mass is 244 g/mol. The minimum absolute atomic E-state index is 0.0778. The van der Waals surface area contributed by atoms with E-state index >= 15 is 0 Å². The zero-order valence-corrected chi connectivity index (χ0v) is 10.3. The van der Waals surface area contributed by atoms with Gasteiger partial charge in [-0.25, -0.2) is 0 Å². The van der Waals surface area contributed by atoms with Crippen LogP contribution in [0.3, 0.4) is 0 Å². The smallest absolute Gasteiger partial charge is 0.325 e. The highest BCUT2D eigenvalue weighted by Crippen LogP contribution is 1.96. The van der Waals surface area contributed by atoms with Gasteiger partial charge in [0, 0.05) is 19.4 Å². The third-order valence-electron chi connectivity index (χ3n) is 2.13. The Bertz CT molecular complexity index is 279. The second-order valence-corrected chi connectivity index (χ2v) is 3.83. The van der Waals surface area contributed by atoms with Crippen molar-refractivity contribution in [3.05, 3.63) is 0 Å². The summed E-state index contributed by atoms with van der Waals surface area (Å²) in [6, 6.07) is -0.892. The summed E-state index contributed by atoms with van der Waals surface area (Å²) in [6.07, 6.45) is 1.75. The largest absolute Gasteiger partial charge is 0.480 e. The molecular formula is C11H20N2O4. The lowest BCUT2D eigenvalue weighted by atomic mass is 10.2. The van der Waals surface area contributed by atoms with E-state index in [4.69, 9.17) is 5.11 Å². The van der Waals surface area contributed by atoms with Gasteiger partial charge in [-0.1, -0.05) is 6.92 Å². The topological polar surface area (TPSA) is 95.5 Å². The highest BCUT2D eigenvalue weighted by Gasteiger charge is 2.13. The number of hydrogen-bond acceptors (Lipinski definition) is 3. The predicted octanol–water partition coefficient (Wildman–Crippen LogP) is 0.272. The normalized spacial score (nSPS) is 11.6. The quantitative estimate of drug-likeness (QED) is 0.571. The van der Waals surface area contributed by atoms with Gasteiger partial charge >= 0.3 is 5.97 Å². The molecule has 0 aromatic carbocycles. The Hall–Kier alpha value is -1.59. The molecule has 0 aliphatic carbocycles.